The van der Waals surface area contributed by atoms with Crippen molar-refractivity contribution in [2.24, 2.45) is 5.41 Å². The van der Waals surface area contributed by atoms with Crippen molar-refractivity contribution >= 4 is 21.6 Å². The molecule has 104 valence electrons. The Labute approximate surface area is 121 Å². The summed E-state index contributed by atoms with van der Waals surface area (Å²) in [7, 11) is 0. The lowest BCUT2D eigenvalue weighted by Gasteiger charge is -2.26. The Morgan fingerprint density at radius 1 is 1.42 bits per heavy atom. The number of non-ortho nitro benzene ring substituents is 1. The average Bonchev–Trinajstić information content (AvgIpc) is 2.87. The molecule has 1 aliphatic carbocycles. The molecule has 0 N–H and O–H groups in total. The number of nitrogens with zero attached hydrogens (tertiary/aromatic N) is 1. The van der Waals surface area contributed by atoms with Gasteiger partial charge in [0.05, 0.1) is 17.6 Å². The molecule has 0 unspecified atom stereocenters. The Morgan fingerprint density at radius 2 is 2.11 bits per heavy atom. The molecule has 0 spiro atoms. The molecule has 19 heavy (non-hydrogen) atoms. The Hall–Kier alpha value is -1.10. The Balaban J connectivity index is 2.10. The second-order valence-electron chi connectivity index (χ2n) is 5.34. The van der Waals surface area contributed by atoms with Gasteiger partial charge in [0.25, 0.3) is 5.69 Å². The number of ether oxygens (including phenoxy) is 1. The summed E-state index contributed by atoms with van der Waals surface area (Å²) in [5, 5.41) is 11.7. The van der Waals surface area contributed by atoms with Crippen LogP contribution in [0, 0.1) is 22.5 Å². The molecular formula is C14H18BrNO3. The molecule has 0 saturated heterocycles. The monoisotopic (exact) mass is 327 g/mol. The van der Waals surface area contributed by atoms with E-state index in [9.17, 15) is 10.1 Å². The van der Waals surface area contributed by atoms with Crippen LogP contribution in [0.15, 0.2) is 18.2 Å². The van der Waals surface area contributed by atoms with Gasteiger partial charge in [-0.2, -0.15) is 0 Å². The number of benzene rings is 1. The van der Waals surface area contributed by atoms with Crippen LogP contribution < -0.4 is 4.74 Å². The van der Waals surface area contributed by atoms with Gasteiger partial charge in [-0.15, -0.1) is 0 Å². The smallest absolute Gasteiger partial charge is 0.273 e. The molecule has 0 radical (unpaired) electrons. The molecule has 1 aromatic rings. The van der Waals surface area contributed by atoms with E-state index in [0.717, 1.165) is 23.7 Å². The van der Waals surface area contributed by atoms with Crippen LogP contribution in [0.25, 0.3) is 0 Å². The van der Waals surface area contributed by atoms with E-state index in [2.05, 4.69) is 15.9 Å². The second kappa shape index (κ2) is 5.90. The van der Waals surface area contributed by atoms with Gasteiger partial charge in [0.1, 0.15) is 5.75 Å². The molecule has 0 aliphatic heterocycles. The van der Waals surface area contributed by atoms with Crippen LogP contribution in [0.1, 0.15) is 31.2 Å². The molecule has 0 atom stereocenters. The zero-order valence-electron chi connectivity index (χ0n) is 11.0. The van der Waals surface area contributed by atoms with Crippen LogP contribution in [-0.2, 0) is 0 Å². The first-order valence-electron chi connectivity index (χ1n) is 6.50. The lowest BCUT2D eigenvalue weighted by atomic mass is 9.90. The van der Waals surface area contributed by atoms with Crippen molar-refractivity contribution in [3.05, 3.63) is 33.9 Å². The van der Waals surface area contributed by atoms with E-state index in [4.69, 9.17) is 4.74 Å². The van der Waals surface area contributed by atoms with E-state index in [1.54, 1.807) is 6.07 Å². The molecule has 0 amide bonds. The highest BCUT2D eigenvalue weighted by Gasteiger charge is 2.33. The van der Waals surface area contributed by atoms with E-state index in [-0.39, 0.29) is 16.0 Å². The lowest BCUT2D eigenvalue weighted by Crippen LogP contribution is -2.27. The topological polar surface area (TPSA) is 52.4 Å². The Kier molecular flexibility index (Phi) is 4.45. The van der Waals surface area contributed by atoms with E-state index < -0.39 is 0 Å². The van der Waals surface area contributed by atoms with E-state index in [0.29, 0.717) is 12.4 Å². The summed E-state index contributed by atoms with van der Waals surface area (Å²) in [6.07, 6.45) is 4.80. The van der Waals surface area contributed by atoms with Crippen LogP contribution in [0.2, 0.25) is 0 Å². The zero-order valence-corrected chi connectivity index (χ0v) is 12.6. The van der Waals surface area contributed by atoms with Crippen LogP contribution in [0.3, 0.4) is 0 Å². The predicted octanol–water partition coefficient (Wildman–Crippen LogP) is 4.24. The number of nitro groups is 1. The minimum atomic E-state index is -0.387. The molecule has 0 heterocycles. The molecule has 5 heteroatoms. The Morgan fingerprint density at radius 3 is 2.68 bits per heavy atom. The van der Waals surface area contributed by atoms with Crippen molar-refractivity contribution in [2.75, 3.05) is 11.9 Å². The third-order valence-electron chi connectivity index (χ3n) is 3.86. The highest BCUT2D eigenvalue weighted by molar-refractivity contribution is 9.09. The van der Waals surface area contributed by atoms with Crippen molar-refractivity contribution < 1.29 is 9.66 Å². The minimum absolute atomic E-state index is 0.0833. The number of hydrogen-bond acceptors (Lipinski definition) is 3. The van der Waals surface area contributed by atoms with E-state index in [1.165, 1.54) is 25.0 Å². The van der Waals surface area contributed by atoms with Crippen LogP contribution >= 0.6 is 15.9 Å². The fourth-order valence-corrected chi connectivity index (χ4v) is 3.25. The lowest BCUT2D eigenvalue weighted by molar-refractivity contribution is -0.385. The third-order valence-corrected chi connectivity index (χ3v) is 5.05. The molecule has 1 fully saturated rings. The van der Waals surface area contributed by atoms with Crippen molar-refractivity contribution in [3.8, 4) is 5.75 Å². The van der Waals surface area contributed by atoms with Gasteiger partial charge >= 0.3 is 0 Å². The summed E-state index contributed by atoms with van der Waals surface area (Å²) in [5.74, 6) is 0.626. The highest BCUT2D eigenvalue weighted by Crippen LogP contribution is 2.40. The van der Waals surface area contributed by atoms with Crippen molar-refractivity contribution in [3.63, 3.8) is 0 Å². The Bertz CT molecular complexity index is 470. The van der Waals surface area contributed by atoms with Gasteiger partial charge in [0.15, 0.2) is 0 Å². The van der Waals surface area contributed by atoms with Crippen LogP contribution in [0.5, 0.6) is 5.75 Å². The van der Waals surface area contributed by atoms with Gasteiger partial charge in [0, 0.05) is 16.8 Å². The van der Waals surface area contributed by atoms with Gasteiger partial charge in [-0.3, -0.25) is 10.1 Å². The second-order valence-corrected chi connectivity index (χ2v) is 5.90. The van der Waals surface area contributed by atoms with E-state index >= 15 is 0 Å². The summed E-state index contributed by atoms with van der Waals surface area (Å²) in [6.45, 7) is 2.54. The quantitative estimate of drug-likeness (QED) is 0.461. The first kappa shape index (κ1) is 14.3. The summed E-state index contributed by atoms with van der Waals surface area (Å²) in [4.78, 5) is 10.4. The highest BCUT2D eigenvalue weighted by atomic mass is 79.9. The number of aryl methyl sites for hydroxylation is 1. The fourth-order valence-electron chi connectivity index (χ4n) is 2.53. The number of halogens is 1. The summed E-state index contributed by atoms with van der Waals surface area (Å²) < 4.78 is 5.87. The molecule has 4 nitrogen and oxygen atoms in total. The van der Waals surface area contributed by atoms with E-state index in [1.807, 2.05) is 6.92 Å². The first-order chi connectivity index (χ1) is 9.06. The van der Waals surface area contributed by atoms with Crippen molar-refractivity contribution in [1.82, 2.24) is 0 Å². The molecule has 0 bridgehead atoms. The number of rotatable bonds is 5. The maximum absolute atomic E-state index is 10.8. The minimum Gasteiger partial charge on any atom is -0.492 e. The number of nitro benzene ring substituents is 1. The van der Waals surface area contributed by atoms with Crippen LogP contribution in [-0.4, -0.2) is 16.9 Å². The first-order valence-corrected chi connectivity index (χ1v) is 7.62. The molecule has 1 aliphatic rings. The largest absolute Gasteiger partial charge is 0.492 e. The van der Waals surface area contributed by atoms with Gasteiger partial charge < -0.3 is 4.74 Å². The molecule has 0 aromatic heterocycles. The predicted molar refractivity (Wildman–Crippen MR) is 78.0 cm³/mol. The molecule has 2 rings (SSSR count). The normalized spacial score (nSPS) is 17.4. The zero-order chi connectivity index (χ0) is 13.9. The van der Waals surface area contributed by atoms with Gasteiger partial charge in [-0.05, 0) is 31.4 Å². The number of alkyl halides is 1. The summed E-state index contributed by atoms with van der Waals surface area (Å²) in [6, 6.07) is 4.77. The standard InChI is InChI=1S/C14H18BrNO3/c1-11-4-5-12(16(17)18)8-13(11)19-10-14(9-15)6-2-3-7-14/h4-5,8H,2-3,6-7,9-10H2,1H3. The maximum Gasteiger partial charge on any atom is 0.273 e. The van der Waals surface area contributed by atoms with Crippen LogP contribution in [0.4, 0.5) is 5.69 Å². The summed E-state index contributed by atoms with van der Waals surface area (Å²) >= 11 is 3.57. The SMILES string of the molecule is Cc1ccc([N+](=O)[O-])cc1OCC1(CBr)CCCC1. The molecule has 1 aromatic carbocycles. The molecule has 1 saturated carbocycles. The van der Waals surface area contributed by atoms with Crippen molar-refractivity contribution in [1.29, 1.82) is 0 Å². The molecular weight excluding hydrogens is 310 g/mol. The fraction of sp³-hybridized carbons (Fsp3) is 0.571. The maximum atomic E-state index is 10.8. The van der Waals surface area contributed by atoms with Crippen molar-refractivity contribution in [2.45, 2.75) is 32.6 Å². The summed E-state index contributed by atoms with van der Waals surface area (Å²) in [5.41, 5.74) is 1.21. The van der Waals surface area contributed by atoms with Gasteiger partial charge in [-0.1, -0.05) is 28.8 Å². The van der Waals surface area contributed by atoms with Gasteiger partial charge in [-0.25, -0.2) is 0 Å². The average molecular weight is 328 g/mol. The number of hydrogen-bond donors (Lipinski definition) is 0. The van der Waals surface area contributed by atoms with Gasteiger partial charge in [0.2, 0.25) is 0 Å². The third kappa shape index (κ3) is 3.26.